The van der Waals surface area contributed by atoms with Crippen LogP contribution in [0.1, 0.15) is 29.7 Å². The van der Waals surface area contributed by atoms with Crippen molar-refractivity contribution in [2.45, 2.75) is 13.0 Å². The van der Waals surface area contributed by atoms with Gasteiger partial charge in [0.05, 0.1) is 42.7 Å². The molecule has 9 nitrogen and oxygen atoms in total. The summed E-state index contributed by atoms with van der Waals surface area (Å²) >= 11 is 1.25. The first-order chi connectivity index (χ1) is 20.0. The number of carbonyl (C=O) groups excluding carboxylic acids is 1. The Morgan fingerprint density at radius 2 is 1.80 bits per heavy atom. The van der Waals surface area contributed by atoms with Gasteiger partial charge in [0.2, 0.25) is 6.79 Å². The van der Waals surface area contributed by atoms with E-state index in [1.807, 2.05) is 54.6 Å². The number of fused-ring (bicyclic) bond motifs is 2. The van der Waals surface area contributed by atoms with Crippen LogP contribution in [0.3, 0.4) is 0 Å². The average Bonchev–Trinajstić information content (AvgIpc) is 3.60. The van der Waals surface area contributed by atoms with Crippen molar-refractivity contribution >= 4 is 29.1 Å². The number of carbonyl (C=O) groups is 1. The third kappa shape index (κ3) is 4.76. The molecule has 0 radical (unpaired) electrons. The molecule has 3 aromatic carbocycles. The van der Waals surface area contributed by atoms with E-state index < -0.39 is 12.0 Å². The lowest BCUT2D eigenvalue weighted by molar-refractivity contribution is -0.138. The van der Waals surface area contributed by atoms with Crippen molar-refractivity contribution in [3.05, 3.63) is 109 Å². The lowest BCUT2D eigenvalue weighted by atomic mass is 9.93. The van der Waals surface area contributed by atoms with E-state index in [4.69, 9.17) is 28.7 Å². The zero-order valence-corrected chi connectivity index (χ0v) is 23.4. The Bertz CT molecular complexity index is 1860. The van der Waals surface area contributed by atoms with Crippen molar-refractivity contribution in [2.75, 3.05) is 27.6 Å². The fraction of sp³-hybridized carbons (Fsp3) is 0.194. The maximum Gasteiger partial charge on any atom is 0.338 e. The van der Waals surface area contributed by atoms with Gasteiger partial charge in [-0.2, -0.15) is 0 Å². The van der Waals surface area contributed by atoms with Crippen LogP contribution in [0.25, 0.3) is 11.8 Å². The summed E-state index contributed by atoms with van der Waals surface area (Å²) in [6.07, 6.45) is 1.79. The SMILES string of the molecule is CCOC(=O)C1=C(c2ccccc2)N=c2sc(=Cc3ccc4c(c3)OCO4)c(=O)n2[C@H]1c1ccc(OC)c(OC)c1. The number of nitrogens with zero attached hydrogens (tertiary/aromatic N) is 2. The van der Waals surface area contributed by atoms with Gasteiger partial charge in [-0.05, 0) is 48.4 Å². The molecule has 208 valence electrons. The van der Waals surface area contributed by atoms with Crippen molar-refractivity contribution in [2.24, 2.45) is 4.99 Å². The second-order valence-electron chi connectivity index (χ2n) is 9.16. The predicted octanol–water partition coefficient (Wildman–Crippen LogP) is 3.68. The Kier molecular flexibility index (Phi) is 7.07. The number of ether oxygens (including phenoxy) is 5. The molecule has 2 aliphatic heterocycles. The van der Waals surface area contributed by atoms with Crippen molar-refractivity contribution in [1.82, 2.24) is 4.57 Å². The molecule has 1 atom stereocenters. The Morgan fingerprint density at radius 3 is 2.56 bits per heavy atom. The third-order valence-corrected chi connectivity index (χ3v) is 7.77. The van der Waals surface area contributed by atoms with Crippen LogP contribution in [-0.2, 0) is 9.53 Å². The Morgan fingerprint density at radius 1 is 1.02 bits per heavy atom. The highest BCUT2D eigenvalue weighted by Gasteiger charge is 2.35. The van der Waals surface area contributed by atoms with Crippen molar-refractivity contribution in [3.63, 3.8) is 0 Å². The van der Waals surface area contributed by atoms with Gasteiger partial charge in [0.15, 0.2) is 27.8 Å². The Hall–Kier alpha value is -4.83. The first-order valence-corrected chi connectivity index (χ1v) is 13.7. The first kappa shape index (κ1) is 26.4. The maximum absolute atomic E-state index is 14.1. The van der Waals surface area contributed by atoms with Crippen LogP contribution in [0, 0.1) is 0 Å². The molecule has 0 saturated heterocycles. The summed E-state index contributed by atoms with van der Waals surface area (Å²) in [6, 6.07) is 19.4. The molecule has 2 aliphatic rings. The molecule has 41 heavy (non-hydrogen) atoms. The second-order valence-corrected chi connectivity index (χ2v) is 10.2. The van der Waals surface area contributed by atoms with Gasteiger partial charge in [-0.3, -0.25) is 9.36 Å². The molecule has 4 aromatic rings. The second kappa shape index (κ2) is 11.0. The van der Waals surface area contributed by atoms with Gasteiger partial charge >= 0.3 is 5.97 Å². The number of thiazole rings is 1. The molecule has 0 N–H and O–H groups in total. The number of hydrogen-bond acceptors (Lipinski definition) is 9. The van der Waals surface area contributed by atoms with Crippen molar-refractivity contribution in [1.29, 1.82) is 0 Å². The molecule has 0 bridgehead atoms. The lowest BCUT2D eigenvalue weighted by Crippen LogP contribution is -2.40. The number of esters is 1. The quantitative estimate of drug-likeness (QED) is 0.313. The molecule has 0 saturated carbocycles. The van der Waals surface area contributed by atoms with Crippen LogP contribution >= 0.6 is 11.3 Å². The summed E-state index contributed by atoms with van der Waals surface area (Å²) < 4.78 is 29.5. The molecule has 0 amide bonds. The summed E-state index contributed by atoms with van der Waals surface area (Å²) in [5.74, 6) is 1.71. The summed E-state index contributed by atoms with van der Waals surface area (Å²) in [7, 11) is 3.09. The summed E-state index contributed by atoms with van der Waals surface area (Å²) in [5, 5.41) is 0. The molecule has 6 rings (SSSR count). The zero-order valence-electron chi connectivity index (χ0n) is 22.6. The minimum absolute atomic E-state index is 0.158. The highest BCUT2D eigenvalue weighted by atomic mass is 32.1. The molecule has 0 unspecified atom stereocenters. The minimum Gasteiger partial charge on any atom is -0.493 e. The van der Waals surface area contributed by atoms with E-state index in [9.17, 15) is 9.59 Å². The maximum atomic E-state index is 14.1. The highest BCUT2D eigenvalue weighted by molar-refractivity contribution is 7.07. The topological polar surface area (TPSA) is 97.6 Å². The molecular formula is C31H26N2O7S. The van der Waals surface area contributed by atoms with Crippen molar-refractivity contribution < 1.29 is 28.5 Å². The minimum atomic E-state index is -0.834. The number of hydrogen-bond donors (Lipinski definition) is 0. The molecule has 0 aliphatic carbocycles. The number of benzene rings is 3. The molecule has 3 heterocycles. The number of methoxy groups -OCH3 is 2. The van der Waals surface area contributed by atoms with E-state index in [1.54, 1.807) is 36.8 Å². The smallest absolute Gasteiger partial charge is 0.338 e. The average molecular weight is 571 g/mol. The largest absolute Gasteiger partial charge is 0.493 e. The fourth-order valence-electron chi connectivity index (χ4n) is 4.93. The van der Waals surface area contributed by atoms with Gasteiger partial charge in [0.1, 0.15) is 0 Å². The van der Waals surface area contributed by atoms with Crippen molar-refractivity contribution in [3.8, 4) is 23.0 Å². The fourth-order valence-corrected chi connectivity index (χ4v) is 5.93. The molecule has 10 heteroatoms. The van der Waals surface area contributed by atoms with Crippen LogP contribution in [0.2, 0.25) is 0 Å². The number of aromatic nitrogens is 1. The van der Waals surface area contributed by atoms with Gasteiger partial charge in [0, 0.05) is 5.56 Å². The van der Waals surface area contributed by atoms with Gasteiger partial charge in [-0.1, -0.05) is 53.8 Å². The predicted molar refractivity (Wildman–Crippen MR) is 153 cm³/mol. The van der Waals surface area contributed by atoms with E-state index in [1.165, 1.54) is 18.4 Å². The number of rotatable bonds is 7. The third-order valence-electron chi connectivity index (χ3n) is 6.79. The van der Waals surface area contributed by atoms with E-state index >= 15 is 0 Å². The van der Waals surface area contributed by atoms with E-state index in [0.29, 0.717) is 43.6 Å². The van der Waals surface area contributed by atoms with Crippen LogP contribution in [0.5, 0.6) is 23.0 Å². The molecule has 0 fully saturated rings. The molecule has 1 aromatic heterocycles. The Labute approximate surface area is 239 Å². The monoisotopic (exact) mass is 570 g/mol. The summed E-state index contributed by atoms with van der Waals surface area (Å²) in [4.78, 5) is 33.0. The van der Waals surface area contributed by atoms with Gasteiger partial charge < -0.3 is 23.7 Å². The molecule has 0 spiro atoms. The summed E-state index contributed by atoms with van der Waals surface area (Å²) in [5.41, 5.74) is 2.56. The van der Waals surface area contributed by atoms with Crippen LogP contribution in [0.4, 0.5) is 0 Å². The van der Waals surface area contributed by atoms with Crippen LogP contribution in [-0.4, -0.2) is 38.2 Å². The Balaban J connectivity index is 1.63. The van der Waals surface area contributed by atoms with Gasteiger partial charge in [-0.25, -0.2) is 9.79 Å². The standard InChI is InChI=1S/C31H26N2O7S/c1-4-38-30(35)26-27(19-8-6-5-7-9-19)32-31-33(28(26)20-11-13-21(36-2)23(16-20)37-3)29(34)25(41-31)15-18-10-12-22-24(14-18)40-17-39-22/h5-16,28H,4,17H2,1-3H3/t28-/m0/s1. The van der Waals surface area contributed by atoms with Crippen LogP contribution in [0.15, 0.2) is 82.1 Å². The zero-order chi connectivity index (χ0) is 28.5. The van der Waals surface area contributed by atoms with E-state index in [-0.39, 0.29) is 24.5 Å². The molecular weight excluding hydrogens is 544 g/mol. The van der Waals surface area contributed by atoms with Crippen LogP contribution < -0.4 is 33.8 Å². The highest BCUT2D eigenvalue weighted by Crippen LogP contribution is 2.38. The lowest BCUT2D eigenvalue weighted by Gasteiger charge is -2.26. The van der Waals surface area contributed by atoms with E-state index in [0.717, 1.165) is 11.1 Å². The van der Waals surface area contributed by atoms with Gasteiger partial charge in [-0.15, -0.1) is 0 Å². The summed E-state index contributed by atoms with van der Waals surface area (Å²) in [6.45, 7) is 2.06. The first-order valence-electron chi connectivity index (χ1n) is 12.9. The normalized spacial score (nSPS) is 15.8. The van der Waals surface area contributed by atoms with E-state index in [2.05, 4.69) is 0 Å². The van der Waals surface area contributed by atoms with Gasteiger partial charge in [0.25, 0.3) is 5.56 Å².